The number of carbonyl (C=O) groups excluding carboxylic acids is 1. The van der Waals surface area contributed by atoms with Gasteiger partial charge >= 0.3 is 5.97 Å². The summed E-state index contributed by atoms with van der Waals surface area (Å²) >= 11 is 0. The van der Waals surface area contributed by atoms with Crippen molar-refractivity contribution in [2.45, 2.75) is 45.6 Å². The molecule has 1 saturated carbocycles. The van der Waals surface area contributed by atoms with Crippen LogP contribution in [0.2, 0.25) is 0 Å². The minimum Gasteiger partial charge on any atom is -0.481 e. The molecular formula is C17H23NO3. The Hall–Kier alpha value is -1.84. The molecule has 0 radical (unpaired) electrons. The van der Waals surface area contributed by atoms with Crippen LogP contribution in [0, 0.1) is 11.8 Å². The number of benzene rings is 1. The van der Waals surface area contributed by atoms with Crippen molar-refractivity contribution >= 4 is 11.9 Å². The van der Waals surface area contributed by atoms with Crippen LogP contribution < -0.4 is 5.32 Å². The molecule has 1 aliphatic carbocycles. The molecule has 1 fully saturated rings. The zero-order valence-corrected chi connectivity index (χ0v) is 12.6. The number of aliphatic carboxylic acids is 1. The van der Waals surface area contributed by atoms with Gasteiger partial charge in [0.25, 0.3) is 0 Å². The van der Waals surface area contributed by atoms with Gasteiger partial charge in [0.05, 0.1) is 12.0 Å². The summed E-state index contributed by atoms with van der Waals surface area (Å²) in [5.41, 5.74) is 2.35. The Bertz CT molecular complexity index is 509. The van der Waals surface area contributed by atoms with Crippen molar-refractivity contribution in [2.24, 2.45) is 11.8 Å². The number of hydrogen-bond acceptors (Lipinski definition) is 2. The first-order valence-corrected chi connectivity index (χ1v) is 7.63. The van der Waals surface area contributed by atoms with E-state index in [2.05, 4.69) is 24.4 Å². The van der Waals surface area contributed by atoms with Gasteiger partial charge in [0.2, 0.25) is 5.91 Å². The van der Waals surface area contributed by atoms with E-state index in [0.717, 1.165) is 12.0 Å². The summed E-state index contributed by atoms with van der Waals surface area (Å²) in [7, 11) is 0. The lowest BCUT2D eigenvalue weighted by Gasteiger charge is -2.17. The van der Waals surface area contributed by atoms with Gasteiger partial charge in [-0.1, -0.05) is 31.2 Å². The lowest BCUT2D eigenvalue weighted by molar-refractivity contribution is -0.141. The van der Waals surface area contributed by atoms with Crippen molar-refractivity contribution in [3.8, 4) is 0 Å². The zero-order chi connectivity index (χ0) is 15.4. The number of carboxylic acids is 1. The van der Waals surface area contributed by atoms with Crippen LogP contribution in [0.15, 0.2) is 24.3 Å². The average Bonchev–Trinajstić information content (AvgIpc) is 2.97. The van der Waals surface area contributed by atoms with Gasteiger partial charge in [-0.15, -0.1) is 0 Å². The first-order valence-electron chi connectivity index (χ1n) is 7.63. The SMILES string of the molecule is CCc1ccc(C(C)NC(=O)C2CCC(C(=O)O)C2)cc1. The molecule has 0 spiro atoms. The molecule has 21 heavy (non-hydrogen) atoms. The number of carboxylic acid groups (broad SMARTS) is 1. The first-order chi connectivity index (χ1) is 10.0. The number of amides is 1. The second-order valence-electron chi connectivity index (χ2n) is 5.87. The maximum Gasteiger partial charge on any atom is 0.306 e. The molecule has 1 aromatic carbocycles. The van der Waals surface area contributed by atoms with Crippen LogP contribution in [0.5, 0.6) is 0 Å². The molecule has 1 amide bonds. The normalized spacial score (nSPS) is 22.8. The standard InChI is InChI=1S/C17H23NO3/c1-3-12-4-6-13(7-5-12)11(2)18-16(19)14-8-9-15(10-14)17(20)21/h4-7,11,14-15H,3,8-10H2,1-2H3,(H,18,19)(H,20,21). The lowest BCUT2D eigenvalue weighted by Crippen LogP contribution is -2.32. The fourth-order valence-electron chi connectivity index (χ4n) is 2.90. The van der Waals surface area contributed by atoms with Gasteiger partial charge in [0, 0.05) is 5.92 Å². The van der Waals surface area contributed by atoms with Crippen LogP contribution >= 0.6 is 0 Å². The molecule has 0 bridgehead atoms. The topological polar surface area (TPSA) is 66.4 Å². The van der Waals surface area contributed by atoms with Gasteiger partial charge in [0.1, 0.15) is 0 Å². The third-order valence-corrected chi connectivity index (χ3v) is 4.40. The summed E-state index contributed by atoms with van der Waals surface area (Å²) in [5.74, 6) is -1.33. The molecule has 114 valence electrons. The van der Waals surface area contributed by atoms with Gasteiger partial charge in [-0.05, 0) is 43.7 Å². The number of rotatable bonds is 5. The van der Waals surface area contributed by atoms with Crippen molar-refractivity contribution in [3.05, 3.63) is 35.4 Å². The molecule has 2 rings (SSSR count). The summed E-state index contributed by atoms with van der Waals surface area (Å²) in [4.78, 5) is 23.2. The second kappa shape index (κ2) is 6.74. The third kappa shape index (κ3) is 3.84. The maximum atomic E-state index is 12.2. The van der Waals surface area contributed by atoms with Crippen LogP contribution in [0.3, 0.4) is 0 Å². The first kappa shape index (κ1) is 15.5. The van der Waals surface area contributed by atoms with Crippen LogP contribution in [-0.4, -0.2) is 17.0 Å². The van der Waals surface area contributed by atoms with E-state index in [1.165, 1.54) is 5.56 Å². The highest BCUT2D eigenvalue weighted by Crippen LogP contribution is 2.31. The summed E-state index contributed by atoms with van der Waals surface area (Å²) in [6, 6.07) is 8.19. The van der Waals surface area contributed by atoms with Gasteiger partial charge < -0.3 is 10.4 Å². The Labute approximate surface area is 125 Å². The Balaban J connectivity index is 1.91. The van der Waals surface area contributed by atoms with Gasteiger partial charge in [0.15, 0.2) is 0 Å². The van der Waals surface area contributed by atoms with Crippen LogP contribution in [0.4, 0.5) is 0 Å². The van der Waals surface area contributed by atoms with Gasteiger partial charge in [-0.2, -0.15) is 0 Å². The highest BCUT2D eigenvalue weighted by atomic mass is 16.4. The molecule has 4 nitrogen and oxygen atoms in total. The predicted octanol–water partition coefficient (Wildman–Crippen LogP) is 2.93. The van der Waals surface area contributed by atoms with E-state index in [1.54, 1.807) is 0 Å². The molecule has 0 aromatic heterocycles. The summed E-state index contributed by atoms with van der Waals surface area (Å²) in [6.07, 6.45) is 2.74. The molecular weight excluding hydrogens is 266 g/mol. The van der Waals surface area contributed by atoms with Crippen LogP contribution in [0.1, 0.15) is 50.3 Å². The fraction of sp³-hybridized carbons (Fsp3) is 0.529. The third-order valence-electron chi connectivity index (χ3n) is 4.40. The maximum absolute atomic E-state index is 12.2. The molecule has 2 N–H and O–H groups in total. The minimum absolute atomic E-state index is 0.0224. The van der Waals surface area contributed by atoms with Crippen LogP contribution in [0.25, 0.3) is 0 Å². The second-order valence-corrected chi connectivity index (χ2v) is 5.87. The van der Waals surface area contributed by atoms with E-state index < -0.39 is 5.97 Å². The largest absolute Gasteiger partial charge is 0.481 e. The zero-order valence-electron chi connectivity index (χ0n) is 12.6. The molecule has 1 aliphatic rings. The number of nitrogens with one attached hydrogen (secondary N) is 1. The Morgan fingerprint density at radius 1 is 1.24 bits per heavy atom. The molecule has 3 unspecified atom stereocenters. The highest BCUT2D eigenvalue weighted by Gasteiger charge is 2.34. The number of hydrogen-bond donors (Lipinski definition) is 2. The quantitative estimate of drug-likeness (QED) is 0.876. The van der Waals surface area contributed by atoms with E-state index in [9.17, 15) is 9.59 Å². The van der Waals surface area contributed by atoms with Crippen molar-refractivity contribution < 1.29 is 14.7 Å². The lowest BCUT2D eigenvalue weighted by atomic mass is 10.0. The van der Waals surface area contributed by atoms with E-state index in [1.807, 2.05) is 19.1 Å². The van der Waals surface area contributed by atoms with Crippen molar-refractivity contribution in [1.29, 1.82) is 0 Å². The van der Waals surface area contributed by atoms with Crippen molar-refractivity contribution in [1.82, 2.24) is 5.32 Å². The Morgan fingerprint density at radius 2 is 1.86 bits per heavy atom. The van der Waals surface area contributed by atoms with Crippen molar-refractivity contribution in [3.63, 3.8) is 0 Å². The molecule has 4 heteroatoms. The fourth-order valence-corrected chi connectivity index (χ4v) is 2.90. The van der Waals surface area contributed by atoms with E-state index in [-0.39, 0.29) is 23.8 Å². The van der Waals surface area contributed by atoms with Crippen LogP contribution in [-0.2, 0) is 16.0 Å². The average molecular weight is 289 g/mol. The molecule has 0 heterocycles. The smallest absolute Gasteiger partial charge is 0.306 e. The monoisotopic (exact) mass is 289 g/mol. The van der Waals surface area contributed by atoms with Gasteiger partial charge in [-0.25, -0.2) is 0 Å². The van der Waals surface area contributed by atoms with Gasteiger partial charge in [-0.3, -0.25) is 9.59 Å². The Morgan fingerprint density at radius 3 is 2.38 bits per heavy atom. The molecule has 1 aromatic rings. The number of carbonyl (C=O) groups is 2. The van der Waals surface area contributed by atoms with E-state index >= 15 is 0 Å². The minimum atomic E-state index is -0.784. The van der Waals surface area contributed by atoms with E-state index in [4.69, 9.17) is 5.11 Å². The highest BCUT2D eigenvalue weighted by molar-refractivity contribution is 5.81. The predicted molar refractivity (Wildman–Crippen MR) is 80.8 cm³/mol. The summed E-state index contributed by atoms with van der Waals surface area (Å²) in [5, 5.41) is 12.0. The Kier molecular flexibility index (Phi) is 4.99. The number of aryl methyl sites for hydroxylation is 1. The van der Waals surface area contributed by atoms with E-state index in [0.29, 0.717) is 19.3 Å². The summed E-state index contributed by atoms with van der Waals surface area (Å²) in [6.45, 7) is 4.07. The molecule has 0 aliphatic heterocycles. The molecule has 0 saturated heterocycles. The molecule has 3 atom stereocenters. The van der Waals surface area contributed by atoms with Crippen molar-refractivity contribution in [2.75, 3.05) is 0 Å². The summed E-state index contributed by atoms with van der Waals surface area (Å²) < 4.78 is 0.